The largest absolute Gasteiger partial charge is 0.495 e. The Morgan fingerprint density at radius 3 is 2.57 bits per heavy atom. The highest BCUT2D eigenvalue weighted by Crippen LogP contribution is 2.36. The normalized spacial score (nSPS) is 14.5. The Kier molecular flexibility index (Phi) is 7.78. The van der Waals surface area contributed by atoms with E-state index in [0.29, 0.717) is 29.4 Å². The van der Waals surface area contributed by atoms with E-state index in [1.54, 1.807) is 18.2 Å². The SMILES string of the molecule is COc1ccc(C(F)(F)F)cc1NC(=O)CN1C(=O)S/C(=C\c2cn(Cc3ccccc3C#N)c3ccccc23)C1=O. The Morgan fingerprint density at radius 2 is 1.83 bits per heavy atom. The molecule has 1 aliphatic rings. The number of alkyl halides is 3. The van der Waals surface area contributed by atoms with Crippen LogP contribution >= 0.6 is 11.8 Å². The van der Waals surface area contributed by atoms with E-state index < -0.39 is 35.3 Å². The number of aromatic nitrogens is 1. The van der Waals surface area contributed by atoms with Crippen LogP contribution in [0.15, 0.2) is 77.8 Å². The first kappa shape index (κ1) is 28.5. The highest BCUT2D eigenvalue weighted by atomic mass is 32.2. The minimum Gasteiger partial charge on any atom is -0.495 e. The predicted molar refractivity (Wildman–Crippen MR) is 151 cm³/mol. The topological polar surface area (TPSA) is 104 Å². The van der Waals surface area contributed by atoms with Gasteiger partial charge < -0.3 is 14.6 Å². The minimum atomic E-state index is -4.65. The zero-order valence-electron chi connectivity index (χ0n) is 21.9. The van der Waals surface area contributed by atoms with Crippen LogP contribution in [0.4, 0.5) is 23.7 Å². The molecule has 8 nitrogen and oxygen atoms in total. The number of anilines is 1. The number of nitriles is 1. The molecule has 2 heterocycles. The molecule has 0 atom stereocenters. The van der Waals surface area contributed by atoms with Gasteiger partial charge >= 0.3 is 6.18 Å². The van der Waals surface area contributed by atoms with Crippen LogP contribution in [0.25, 0.3) is 17.0 Å². The van der Waals surface area contributed by atoms with Crippen LogP contribution in [0.5, 0.6) is 5.75 Å². The summed E-state index contributed by atoms with van der Waals surface area (Å²) in [6.45, 7) is -0.299. The molecular formula is C30H21F3N4O4S. The quantitative estimate of drug-likeness (QED) is 0.255. The van der Waals surface area contributed by atoms with Crippen LogP contribution in [0, 0.1) is 11.3 Å². The number of ether oxygens (including phenoxy) is 1. The first-order valence-electron chi connectivity index (χ1n) is 12.5. The Morgan fingerprint density at radius 1 is 1.10 bits per heavy atom. The molecule has 1 aromatic heterocycles. The number of halogens is 3. The second-order valence-corrected chi connectivity index (χ2v) is 10.2. The third-order valence-electron chi connectivity index (χ3n) is 6.56. The standard InChI is InChI=1S/C30H21F3N4O4S/c1-41-25-11-10-21(30(31,32)33)13-23(25)35-27(38)17-37-28(39)26(42-29(37)40)12-20-16-36(24-9-5-4-8-22(20)24)15-19-7-3-2-6-18(19)14-34/h2-13,16H,15,17H2,1H3,(H,35,38)/b26-12-. The number of fused-ring (bicyclic) bond motifs is 1. The molecule has 4 aromatic rings. The smallest absolute Gasteiger partial charge is 0.416 e. The Hall–Kier alpha value is -5.02. The van der Waals surface area contributed by atoms with Gasteiger partial charge in [0, 0.05) is 29.2 Å². The van der Waals surface area contributed by atoms with Gasteiger partial charge in [0.15, 0.2) is 0 Å². The van der Waals surface area contributed by atoms with Gasteiger partial charge in [0.2, 0.25) is 5.91 Å². The number of nitrogens with zero attached hydrogens (tertiary/aromatic N) is 3. The maximum absolute atomic E-state index is 13.2. The van der Waals surface area contributed by atoms with Gasteiger partial charge in [0.1, 0.15) is 12.3 Å². The Bertz CT molecular complexity index is 1810. The summed E-state index contributed by atoms with van der Waals surface area (Å²) < 4.78 is 46.5. The molecule has 0 saturated carbocycles. The molecule has 0 spiro atoms. The van der Waals surface area contributed by atoms with Crippen molar-refractivity contribution in [3.05, 3.63) is 100 Å². The monoisotopic (exact) mass is 590 g/mol. The fourth-order valence-corrected chi connectivity index (χ4v) is 5.39. The third kappa shape index (κ3) is 5.73. The fourth-order valence-electron chi connectivity index (χ4n) is 4.56. The van der Waals surface area contributed by atoms with Gasteiger partial charge in [-0.3, -0.25) is 19.3 Å². The molecule has 0 radical (unpaired) electrons. The molecule has 1 aliphatic heterocycles. The average Bonchev–Trinajstić information content (AvgIpc) is 3.44. The molecule has 1 saturated heterocycles. The summed E-state index contributed by atoms with van der Waals surface area (Å²) in [6, 6.07) is 19.5. The molecule has 0 bridgehead atoms. The summed E-state index contributed by atoms with van der Waals surface area (Å²) in [6.07, 6.45) is -1.27. The summed E-state index contributed by atoms with van der Waals surface area (Å²) in [7, 11) is 1.23. The van der Waals surface area contributed by atoms with Crippen molar-refractivity contribution in [3.8, 4) is 11.8 Å². The summed E-state index contributed by atoms with van der Waals surface area (Å²) in [5.74, 6) is -1.59. The van der Waals surface area contributed by atoms with Crippen LogP contribution in [-0.2, 0) is 22.3 Å². The van der Waals surface area contributed by atoms with Crippen molar-refractivity contribution in [2.75, 3.05) is 19.0 Å². The van der Waals surface area contributed by atoms with E-state index >= 15 is 0 Å². The molecular weight excluding hydrogens is 569 g/mol. The van der Waals surface area contributed by atoms with Gasteiger partial charge in [-0.25, -0.2) is 0 Å². The lowest BCUT2D eigenvalue weighted by molar-refractivity contribution is -0.137. The van der Waals surface area contributed by atoms with Crippen LogP contribution in [-0.4, -0.2) is 40.2 Å². The number of benzene rings is 3. The molecule has 42 heavy (non-hydrogen) atoms. The van der Waals surface area contributed by atoms with Gasteiger partial charge in [-0.15, -0.1) is 0 Å². The summed E-state index contributed by atoms with van der Waals surface area (Å²) in [5.41, 5.74) is 1.62. The lowest BCUT2D eigenvalue weighted by Gasteiger charge is -2.16. The van der Waals surface area contributed by atoms with Crippen LogP contribution < -0.4 is 10.1 Å². The van der Waals surface area contributed by atoms with Crippen LogP contribution in [0.1, 0.15) is 22.3 Å². The van der Waals surface area contributed by atoms with E-state index in [2.05, 4.69) is 11.4 Å². The van der Waals surface area contributed by atoms with Crippen molar-refractivity contribution < 1.29 is 32.3 Å². The van der Waals surface area contributed by atoms with Gasteiger partial charge in [-0.05, 0) is 53.7 Å². The number of amides is 3. The molecule has 1 fully saturated rings. The van der Waals surface area contributed by atoms with Crippen molar-refractivity contribution in [3.63, 3.8) is 0 Å². The number of imide groups is 1. The number of methoxy groups -OCH3 is 1. The van der Waals surface area contributed by atoms with E-state index in [9.17, 15) is 32.8 Å². The van der Waals surface area contributed by atoms with Gasteiger partial charge in [-0.2, -0.15) is 18.4 Å². The maximum atomic E-state index is 13.2. The van der Waals surface area contributed by atoms with E-state index in [4.69, 9.17) is 4.74 Å². The van der Waals surface area contributed by atoms with Crippen LogP contribution in [0.3, 0.4) is 0 Å². The maximum Gasteiger partial charge on any atom is 0.416 e. The zero-order valence-corrected chi connectivity index (χ0v) is 22.8. The van der Waals surface area contributed by atoms with Gasteiger partial charge in [0.05, 0.1) is 34.9 Å². The number of thioether (sulfide) groups is 1. The van der Waals surface area contributed by atoms with Crippen molar-refractivity contribution in [1.29, 1.82) is 5.26 Å². The van der Waals surface area contributed by atoms with Crippen molar-refractivity contribution in [1.82, 2.24) is 9.47 Å². The lowest BCUT2D eigenvalue weighted by atomic mass is 10.1. The summed E-state index contributed by atoms with van der Waals surface area (Å²) >= 11 is 0.659. The number of nitrogens with one attached hydrogen (secondary N) is 1. The van der Waals surface area contributed by atoms with E-state index in [-0.39, 0.29) is 16.3 Å². The first-order valence-corrected chi connectivity index (χ1v) is 13.3. The van der Waals surface area contributed by atoms with E-state index in [0.717, 1.165) is 39.6 Å². The number of carbonyl (C=O) groups is 3. The van der Waals surface area contributed by atoms with Crippen molar-refractivity contribution in [2.24, 2.45) is 0 Å². The number of rotatable bonds is 7. The molecule has 212 valence electrons. The number of carbonyl (C=O) groups excluding carboxylic acids is 3. The molecule has 3 amide bonds. The second kappa shape index (κ2) is 11.5. The summed E-state index contributed by atoms with van der Waals surface area (Å²) in [4.78, 5) is 39.4. The Labute approximate surface area is 242 Å². The summed E-state index contributed by atoms with van der Waals surface area (Å²) in [5, 5.41) is 11.9. The number of para-hydroxylation sites is 1. The third-order valence-corrected chi connectivity index (χ3v) is 7.47. The molecule has 3 aromatic carbocycles. The second-order valence-electron chi connectivity index (χ2n) is 9.23. The van der Waals surface area contributed by atoms with Crippen LogP contribution in [0.2, 0.25) is 0 Å². The highest BCUT2D eigenvalue weighted by molar-refractivity contribution is 8.18. The zero-order chi connectivity index (χ0) is 30.0. The molecule has 5 rings (SSSR count). The number of hydrogen-bond donors (Lipinski definition) is 1. The van der Waals surface area contributed by atoms with E-state index in [1.165, 1.54) is 7.11 Å². The number of hydrogen-bond acceptors (Lipinski definition) is 6. The fraction of sp³-hybridized carbons (Fsp3) is 0.133. The molecule has 1 N–H and O–H groups in total. The minimum absolute atomic E-state index is 0.0147. The highest BCUT2D eigenvalue weighted by Gasteiger charge is 2.37. The molecule has 0 aliphatic carbocycles. The first-order chi connectivity index (χ1) is 20.1. The Balaban J connectivity index is 1.37. The molecule has 0 unspecified atom stereocenters. The lowest BCUT2D eigenvalue weighted by Crippen LogP contribution is -2.36. The molecule has 12 heteroatoms. The van der Waals surface area contributed by atoms with Gasteiger partial charge in [-0.1, -0.05) is 36.4 Å². The van der Waals surface area contributed by atoms with E-state index in [1.807, 2.05) is 47.2 Å². The van der Waals surface area contributed by atoms with Gasteiger partial charge in [0.25, 0.3) is 11.1 Å². The van der Waals surface area contributed by atoms with Crippen molar-refractivity contribution in [2.45, 2.75) is 12.7 Å². The predicted octanol–water partition coefficient (Wildman–Crippen LogP) is 6.26. The van der Waals surface area contributed by atoms with Crippen molar-refractivity contribution >= 4 is 51.5 Å². The average molecular weight is 591 g/mol.